The molecule has 104 valence electrons. The number of nitrogens with two attached hydrogens (primary N) is 1. The van der Waals surface area contributed by atoms with Crippen LogP contribution < -0.4 is 11.1 Å². The van der Waals surface area contributed by atoms with E-state index in [0.29, 0.717) is 12.6 Å². The highest BCUT2D eigenvalue weighted by Crippen LogP contribution is 2.17. The fourth-order valence-electron chi connectivity index (χ4n) is 2.22. The van der Waals surface area contributed by atoms with Gasteiger partial charge in [-0.3, -0.25) is 0 Å². The summed E-state index contributed by atoms with van der Waals surface area (Å²) >= 11 is 0. The van der Waals surface area contributed by atoms with Crippen molar-refractivity contribution >= 4 is 11.9 Å². The zero-order valence-electron chi connectivity index (χ0n) is 11.2. The molecule has 0 heterocycles. The first-order valence-corrected chi connectivity index (χ1v) is 6.53. The van der Waals surface area contributed by atoms with E-state index in [4.69, 9.17) is 10.9 Å². The Bertz CT molecular complexity index is 300. The first kappa shape index (κ1) is 14.6. The zero-order chi connectivity index (χ0) is 13.5. The van der Waals surface area contributed by atoms with Crippen LogP contribution in [-0.2, 0) is 0 Å². The van der Waals surface area contributed by atoms with Crippen LogP contribution in [0.5, 0.6) is 0 Å². The SMILES string of the molecule is CC(CN(C)C(=O)NC1CCCCC1)C(N)=NO. The molecule has 1 saturated carbocycles. The number of amidine groups is 1. The Labute approximate surface area is 108 Å². The highest BCUT2D eigenvalue weighted by atomic mass is 16.4. The number of hydrogen-bond donors (Lipinski definition) is 3. The van der Waals surface area contributed by atoms with Gasteiger partial charge in [0.1, 0.15) is 5.84 Å². The number of carbonyl (C=O) groups excluding carboxylic acids is 1. The molecule has 0 saturated heterocycles. The van der Waals surface area contributed by atoms with Crippen molar-refractivity contribution in [2.75, 3.05) is 13.6 Å². The Morgan fingerprint density at radius 1 is 1.50 bits per heavy atom. The van der Waals surface area contributed by atoms with Crippen molar-refractivity contribution in [3.8, 4) is 0 Å². The molecule has 4 N–H and O–H groups in total. The minimum Gasteiger partial charge on any atom is -0.409 e. The van der Waals surface area contributed by atoms with Gasteiger partial charge in [0.2, 0.25) is 0 Å². The first-order chi connectivity index (χ1) is 8.54. The lowest BCUT2D eigenvalue weighted by atomic mass is 9.96. The van der Waals surface area contributed by atoms with E-state index in [1.807, 2.05) is 6.92 Å². The largest absolute Gasteiger partial charge is 0.409 e. The number of oxime groups is 1. The van der Waals surface area contributed by atoms with Gasteiger partial charge in [0.15, 0.2) is 0 Å². The predicted octanol–water partition coefficient (Wildman–Crippen LogP) is 1.34. The quantitative estimate of drug-likeness (QED) is 0.307. The normalized spacial score (nSPS) is 19.3. The molecule has 0 aromatic heterocycles. The van der Waals surface area contributed by atoms with E-state index in [1.165, 1.54) is 19.3 Å². The van der Waals surface area contributed by atoms with Gasteiger partial charge in [0.25, 0.3) is 0 Å². The van der Waals surface area contributed by atoms with Crippen LogP contribution in [0.3, 0.4) is 0 Å². The minimum absolute atomic E-state index is 0.0838. The third kappa shape index (κ3) is 4.43. The van der Waals surface area contributed by atoms with Crippen LogP contribution in [0.2, 0.25) is 0 Å². The second-order valence-corrected chi connectivity index (χ2v) is 5.09. The molecule has 1 rings (SSSR count). The number of urea groups is 1. The van der Waals surface area contributed by atoms with Gasteiger partial charge in [-0.15, -0.1) is 0 Å². The monoisotopic (exact) mass is 256 g/mol. The van der Waals surface area contributed by atoms with Crippen LogP contribution in [0.25, 0.3) is 0 Å². The van der Waals surface area contributed by atoms with Crippen LogP contribution in [0.15, 0.2) is 5.16 Å². The molecule has 1 aliphatic rings. The molecule has 1 aliphatic carbocycles. The van der Waals surface area contributed by atoms with Crippen molar-refractivity contribution in [1.29, 1.82) is 0 Å². The maximum Gasteiger partial charge on any atom is 0.317 e. The average Bonchev–Trinajstić information content (AvgIpc) is 2.38. The maximum absolute atomic E-state index is 11.9. The summed E-state index contributed by atoms with van der Waals surface area (Å²) in [5.74, 6) is -0.00979. The number of carbonyl (C=O) groups is 1. The number of nitrogens with one attached hydrogen (secondary N) is 1. The van der Waals surface area contributed by atoms with Crippen LogP contribution in [0.1, 0.15) is 39.0 Å². The summed E-state index contributed by atoms with van der Waals surface area (Å²) in [6.45, 7) is 2.26. The van der Waals surface area contributed by atoms with Crippen LogP contribution in [0, 0.1) is 5.92 Å². The summed E-state index contributed by atoms with van der Waals surface area (Å²) in [6.07, 6.45) is 5.78. The highest BCUT2D eigenvalue weighted by molar-refractivity contribution is 5.83. The van der Waals surface area contributed by atoms with Gasteiger partial charge in [-0.25, -0.2) is 4.79 Å². The van der Waals surface area contributed by atoms with Gasteiger partial charge < -0.3 is 21.2 Å². The molecular weight excluding hydrogens is 232 g/mol. The van der Waals surface area contributed by atoms with Gasteiger partial charge in [-0.1, -0.05) is 31.3 Å². The molecule has 1 atom stereocenters. The van der Waals surface area contributed by atoms with E-state index in [9.17, 15) is 4.79 Å². The van der Waals surface area contributed by atoms with Crippen molar-refractivity contribution < 1.29 is 10.0 Å². The molecule has 0 radical (unpaired) electrons. The van der Waals surface area contributed by atoms with Gasteiger partial charge in [0.05, 0.1) is 0 Å². The van der Waals surface area contributed by atoms with Crippen LogP contribution in [-0.4, -0.2) is 41.6 Å². The Morgan fingerprint density at radius 3 is 2.67 bits per heavy atom. The zero-order valence-corrected chi connectivity index (χ0v) is 11.2. The van der Waals surface area contributed by atoms with Crippen molar-refractivity contribution in [3.05, 3.63) is 0 Å². The lowest BCUT2D eigenvalue weighted by Crippen LogP contribution is -2.46. The topological polar surface area (TPSA) is 91.0 Å². The van der Waals surface area contributed by atoms with Crippen LogP contribution >= 0.6 is 0 Å². The molecule has 0 aliphatic heterocycles. The Morgan fingerprint density at radius 2 is 2.11 bits per heavy atom. The predicted molar refractivity (Wildman–Crippen MR) is 70.6 cm³/mol. The molecule has 1 unspecified atom stereocenters. The van der Waals surface area contributed by atoms with Gasteiger partial charge >= 0.3 is 6.03 Å². The third-order valence-electron chi connectivity index (χ3n) is 3.45. The molecule has 2 amide bonds. The number of hydrogen-bond acceptors (Lipinski definition) is 3. The average molecular weight is 256 g/mol. The second-order valence-electron chi connectivity index (χ2n) is 5.09. The van der Waals surface area contributed by atoms with E-state index in [1.54, 1.807) is 11.9 Å². The van der Waals surface area contributed by atoms with E-state index >= 15 is 0 Å². The fourth-order valence-corrected chi connectivity index (χ4v) is 2.22. The summed E-state index contributed by atoms with van der Waals surface area (Å²) in [6, 6.07) is 0.215. The molecule has 18 heavy (non-hydrogen) atoms. The molecule has 0 bridgehead atoms. The second kappa shape index (κ2) is 7.08. The van der Waals surface area contributed by atoms with Crippen molar-refractivity contribution in [3.63, 3.8) is 0 Å². The third-order valence-corrected chi connectivity index (χ3v) is 3.45. The lowest BCUT2D eigenvalue weighted by molar-refractivity contribution is 0.197. The van der Waals surface area contributed by atoms with E-state index < -0.39 is 0 Å². The van der Waals surface area contributed by atoms with Crippen molar-refractivity contribution in [2.45, 2.75) is 45.1 Å². The smallest absolute Gasteiger partial charge is 0.317 e. The Kier molecular flexibility index (Phi) is 5.74. The lowest BCUT2D eigenvalue weighted by Gasteiger charge is -2.27. The molecule has 0 aromatic rings. The first-order valence-electron chi connectivity index (χ1n) is 6.53. The van der Waals surface area contributed by atoms with Gasteiger partial charge in [0, 0.05) is 25.6 Å². The molecular formula is C12H24N4O2. The van der Waals surface area contributed by atoms with E-state index in [-0.39, 0.29) is 17.8 Å². The van der Waals surface area contributed by atoms with E-state index in [0.717, 1.165) is 12.8 Å². The van der Waals surface area contributed by atoms with E-state index in [2.05, 4.69) is 10.5 Å². The van der Waals surface area contributed by atoms with Crippen molar-refractivity contribution in [2.24, 2.45) is 16.8 Å². The Hall–Kier alpha value is -1.46. The summed E-state index contributed by atoms with van der Waals surface area (Å²) in [5.41, 5.74) is 5.49. The minimum atomic E-state index is -0.155. The number of nitrogens with zero attached hydrogens (tertiary/aromatic N) is 2. The summed E-state index contributed by atoms with van der Waals surface area (Å²) in [5, 5.41) is 14.5. The summed E-state index contributed by atoms with van der Waals surface area (Å²) in [7, 11) is 1.72. The maximum atomic E-state index is 11.9. The molecule has 0 spiro atoms. The highest BCUT2D eigenvalue weighted by Gasteiger charge is 2.19. The summed E-state index contributed by atoms with van der Waals surface area (Å²) < 4.78 is 0. The van der Waals surface area contributed by atoms with Crippen LogP contribution in [0.4, 0.5) is 4.79 Å². The molecule has 6 nitrogen and oxygen atoms in total. The van der Waals surface area contributed by atoms with Gasteiger partial charge in [-0.05, 0) is 12.8 Å². The standard InChI is InChI=1S/C12H24N4O2/c1-9(11(13)15-18)8-16(2)12(17)14-10-6-4-3-5-7-10/h9-10,18H,3-8H2,1-2H3,(H2,13,15)(H,14,17). The summed E-state index contributed by atoms with van der Waals surface area (Å²) in [4.78, 5) is 13.5. The molecule has 0 aromatic carbocycles. The Balaban J connectivity index is 2.36. The van der Waals surface area contributed by atoms with Crippen molar-refractivity contribution in [1.82, 2.24) is 10.2 Å². The molecule has 6 heteroatoms. The number of amides is 2. The fraction of sp³-hybridized carbons (Fsp3) is 0.833. The van der Waals surface area contributed by atoms with Gasteiger partial charge in [-0.2, -0.15) is 0 Å². The number of rotatable bonds is 4. The molecule has 1 fully saturated rings.